The first kappa shape index (κ1) is 8.29. The van der Waals surface area contributed by atoms with Crippen molar-refractivity contribution in [1.82, 2.24) is 14.9 Å². The molecule has 1 fully saturated rings. The lowest BCUT2D eigenvalue weighted by Gasteiger charge is -2.13. The number of amides is 1. The molecule has 1 aromatic rings. The van der Waals surface area contributed by atoms with Crippen LogP contribution in [0.2, 0.25) is 0 Å². The summed E-state index contributed by atoms with van der Waals surface area (Å²) in [5.41, 5.74) is 2.04. The number of carbonyl (C=O) groups excluding carboxylic acids is 1. The Kier molecular flexibility index (Phi) is 2.04. The van der Waals surface area contributed by atoms with Crippen molar-refractivity contribution in [1.29, 1.82) is 0 Å². The molecule has 13 heavy (non-hydrogen) atoms. The van der Waals surface area contributed by atoms with Crippen molar-refractivity contribution in [3.8, 4) is 0 Å². The highest BCUT2D eigenvalue weighted by atomic mass is 16.2. The Bertz CT molecular complexity index is 318. The van der Waals surface area contributed by atoms with Gasteiger partial charge in [-0.3, -0.25) is 4.79 Å². The van der Waals surface area contributed by atoms with E-state index in [0.717, 1.165) is 24.4 Å². The predicted molar refractivity (Wildman–Crippen MR) is 48.0 cm³/mol. The molecule has 4 heteroatoms. The third kappa shape index (κ3) is 1.56. The molecule has 0 radical (unpaired) electrons. The normalized spacial score (nSPS) is 17.0. The topological polar surface area (TPSA) is 49.0 Å². The first-order valence-corrected chi connectivity index (χ1v) is 4.54. The third-order valence-corrected chi connectivity index (χ3v) is 2.45. The van der Waals surface area contributed by atoms with E-state index in [9.17, 15) is 4.79 Å². The van der Waals surface area contributed by atoms with Gasteiger partial charge in [-0.05, 0) is 13.3 Å². The van der Waals surface area contributed by atoms with Crippen LogP contribution in [-0.2, 0) is 11.3 Å². The van der Waals surface area contributed by atoms with Gasteiger partial charge >= 0.3 is 0 Å². The zero-order valence-corrected chi connectivity index (χ0v) is 7.71. The second kappa shape index (κ2) is 3.20. The maximum atomic E-state index is 11.3. The third-order valence-electron chi connectivity index (χ3n) is 2.45. The number of imidazole rings is 1. The minimum absolute atomic E-state index is 0.252. The average molecular weight is 179 g/mol. The quantitative estimate of drug-likeness (QED) is 0.731. The zero-order valence-electron chi connectivity index (χ0n) is 7.71. The molecule has 1 saturated heterocycles. The molecule has 0 saturated carbocycles. The van der Waals surface area contributed by atoms with Crippen molar-refractivity contribution < 1.29 is 4.79 Å². The monoisotopic (exact) mass is 179 g/mol. The SMILES string of the molecule is Cc1[nH]cnc1CN1CCCC1=O. The van der Waals surface area contributed by atoms with Crippen LogP contribution in [0.25, 0.3) is 0 Å². The maximum Gasteiger partial charge on any atom is 0.222 e. The summed E-state index contributed by atoms with van der Waals surface area (Å²) in [5, 5.41) is 0. The highest BCUT2D eigenvalue weighted by molar-refractivity contribution is 5.77. The second-order valence-corrected chi connectivity index (χ2v) is 3.39. The molecule has 70 valence electrons. The van der Waals surface area contributed by atoms with Crippen LogP contribution in [0, 0.1) is 6.92 Å². The molecule has 1 aliphatic rings. The van der Waals surface area contributed by atoms with Crippen molar-refractivity contribution in [2.45, 2.75) is 26.3 Å². The van der Waals surface area contributed by atoms with Gasteiger partial charge in [-0.2, -0.15) is 0 Å². The van der Waals surface area contributed by atoms with Gasteiger partial charge in [0.25, 0.3) is 0 Å². The van der Waals surface area contributed by atoms with E-state index < -0.39 is 0 Å². The molecule has 0 aliphatic carbocycles. The summed E-state index contributed by atoms with van der Waals surface area (Å²) in [6.07, 6.45) is 3.36. The van der Waals surface area contributed by atoms with Gasteiger partial charge in [0.2, 0.25) is 5.91 Å². The largest absolute Gasteiger partial charge is 0.348 e. The Balaban J connectivity index is 2.06. The van der Waals surface area contributed by atoms with E-state index >= 15 is 0 Å². The van der Waals surface area contributed by atoms with Crippen LogP contribution < -0.4 is 0 Å². The summed E-state index contributed by atoms with van der Waals surface area (Å²) < 4.78 is 0. The van der Waals surface area contributed by atoms with Gasteiger partial charge in [0.1, 0.15) is 0 Å². The fourth-order valence-electron chi connectivity index (χ4n) is 1.60. The van der Waals surface area contributed by atoms with E-state index in [0.29, 0.717) is 13.0 Å². The first-order valence-electron chi connectivity index (χ1n) is 4.54. The number of aromatic nitrogens is 2. The number of nitrogens with zero attached hydrogens (tertiary/aromatic N) is 2. The van der Waals surface area contributed by atoms with Gasteiger partial charge in [-0.25, -0.2) is 4.98 Å². The van der Waals surface area contributed by atoms with E-state index in [1.165, 1.54) is 0 Å². The molecule has 0 bridgehead atoms. The molecule has 1 aliphatic heterocycles. The van der Waals surface area contributed by atoms with E-state index in [2.05, 4.69) is 9.97 Å². The smallest absolute Gasteiger partial charge is 0.222 e. The van der Waals surface area contributed by atoms with E-state index in [4.69, 9.17) is 0 Å². The predicted octanol–water partition coefficient (Wildman–Crippen LogP) is 0.841. The van der Waals surface area contributed by atoms with Crippen LogP contribution in [0.5, 0.6) is 0 Å². The molecule has 4 nitrogen and oxygen atoms in total. The number of nitrogens with one attached hydrogen (secondary N) is 1. The van der Waals surface area contributed by atoms with Crippen LogP contribution in [0.1, 0.15) is 24.2 Å². The molecule has 0 unspecified atom stereocenters. The number of aryl methyl sites for hydroxylation is 1. The highest BCUT2D eigenvalue weighted by Gasteiger charge is 2.21. The number of likely N-dealkylation sites (tertiary alicyclic amines) is 1. The Morgan fingerprint density at radius 2 is 2.54 bits per heavy atom. The van der Waals surface area contributed by atoms with Crippen LogP contribution in [0.4, 0.5) is 0 Å². The van der Waals surface area contributed by atoms with Crippen LogP contribution in [-0.4, -0.2) is 27.3 Å². The first-order chi connectivity index (χ1) is 6.27. The molecule has 1 amide bonds. The van der Waals surface area contributed by atoms with E-state index in [-0.39, 0.29) is 5.91 Å². The lowest BCUT2D eigenvalue weighted by Crippen LogP contribution is -2.24. The number of H-pyrrole nitrogens is 1. The number of aromatic amines is 1. The molecule has 0 spiro atoms. The summed E-state index contributed by atoms with van der Waals surface area (Å²) in [7, 11) is 0. The van der Waals surface area contributed by atoms with Gasteiger partial charge < -0.3 is 9.88 Å². The minimum atomic E-state index is 0.252. The summed E-state index contributed by atoms with van der Waals surface area (Å²) in [4.78, 5) is 20.3. The number of carbonyl (C=O) groups is 1. The Morgan fingerprint density at radius 1 is 1.69 bits per heavy atom. The fraction of sp³-hybridized carbons (Fsp3) is 0.556. The summed E-state index contributed by atoms with van der Waals surface area (Å²) in [6, 6.07) is 0. The van der Waals surface area contributed by atoms with Gasteiger partial charge in [0.15, 0.2) is 0 Å². The standard InChI is InChI=1S/C9H13N3O/c1-7-8(11-6-10-7)5-12-4-2-3-9(12)13/h6H,2-5H2,1H3,(H,10,11). The van der Waals surface area contributed by atoms with Gasteiger partial charge in [-0.1, -0.05) is 0 Å². The van der Waals surface area contributed by atoms with Crippen LogP contribution >= 0.6 is 0 Å². The second-order valence-electron chi connectivity index (χ2n) is 3.39. The lowest BCUT2D eigenvalue weighted by molar-refractivity contribution is -0.128. The zero-order chi connectivity index (χ0) is 9.26. The summed E-state index contributed by atoms with van der Waals surface area (Å²) in [6.45, 7) is 3.52. The highest BCUT2D eigenvalue weighted by Crippen LogP contribution is 2.13. The molecule has 1 aromatic heterocycles. The van der Waals surface area contributed by atoms with Crippen molar-refractivity contribution in [2.24, 2.45) is 0 Å². The van der Waals surface area contributed by atoms with E-state index in [1.807, 2.05) is 11.8 Å². The van der Waals surface area contributed by atoms with Crippen LogP contribution in [0.3, 0.4) is 0 Å². The van der Waals surface area contributed by atoms with Crippen LogP contribution in [0.15, 0.2) is 6.33 Å². The molecule has 2 rings (SSSR count). The molecule has 2 heterocycles. The molecule has 1 N–H and O–H groups in total. The molecular formula is C9H13N3O. The Morgan fingerprint density at radius 3 is 3.08 bits per heavy atom. The van der Waals surface area contributed by atoms with Crippen molar-refractivity contribution >= 4 is 5.91 Å². The molecular weight excluding hydrogens is 166 g/mol. The van der Waals surface area contributed by atoms with Crippen molar-refractivity contribution in [3.63, 3.8) is 0 Å². The van der Waals surface area contributed by atoms with Gasteiger partial charge in [0.05, 0.1) is 18.6 Å². The summed E-state index contributed by atoms with van der Waals surface area (Å²) in [5.74, 6) is 0.252. The van der Waals surface area contributed by atoms with Crippen molar-refractivity contribution in [2.75, 3.05) is 6.54 Å². The molecule has 0 atom stereocenters. The molecule has 0 aromatic carbocycles. The number of hydrogen-bond acceptors (Lipinski definition) is 2. The summed E-state index contributed by atoms with van der Waals surface area (Å²) >= 11 is 0. The Labute approximate surface area is 77.0 Å². The Hall–Kier alpha value is -1.32. The number of hydrogen-bond donors (Lipinski definition) is 1. The van der Waals surface area contributed by atoms with Gasteiger partial charge in [-0.15, -0.1) is 0 Å². The fourth-order valence-corrected chi connectivity index (χ4v) is 1.60. The minimum Gasteiger partial charge on any atom is -0.348 e. The number of rotatable bonds is 2. The van der Waals surface area contributed by atoms with Gasteiger partial charge in [0, 0.05) is 18.7 Å². The maximum absolute atomic E-state index is 11.3. The lowest BCUT2D eigenvalue weighted by atomic mass is 10.3. The average Bonchev–Trinajstić information content (AvgIpc) is 2.65. The van der Waals surface area contributed by atoms with E-state index in [1.54, 1.807) is 6.33 Å². The van der Waals surface area contributed by atoms with Crippen molar-refractivity contribution in [3.05, 3.63) is 17.7 Å².